The summed E-state index contributed by atoms with van der Waals surface area (Å²) in [6.45, 7) is 4.55. The van der Waals surface area contributed by atoms with Crippen LogP contribution < -0.4 is 10.2 Å². The Morgan fingerprint density at radius 3 is 2.59 bits per heavy atom. The van der Waals surface area contributed by atoms with Gasteiger partial charge in [0.05, 0.1) is 23.1 Å². The molecule has 29 heavy (non-hydrogen) atoms. The Morgan fingerprint density at radius 1 is 1.00 bits per heavy atom. The number of carbonyl (C=O) groups is 1. The minimum atomic E-state index is -0.114. The van der Waals surface area contributed by atoms with Gasteiger partial charge in [0.1, 0.15) is 5.69 Å². The Labute approximate surface area is 170 Å². The van der Waals surface area contributed by atoms with Crippen molar-refractivity contribution in [3.63, 3.8) is 0 Å². The highest BCUT2D eigenvalue weighted by atomic mass is 16.2. The van der Waals surface area contributed by atoms with Crippen molar-refractivity contribution in [2.24, 2.45) is 0 Å². The van der Waals surface area contributed by atoms with Gasteiger partial charge >= 0.3 is 0 Å². The highest BCUT2D eigenvalue weighted by Crippen LogP contribution is 2.24. The van der Waals surface area contributed by atoms with Crippen molar-refractivity contribution in [1.82, 2.24) is 9.97 Å². The van der Waals surface area contributed by atoms with Gasteiger partial charge in [0.25, 0.3) is 5.91 Å². The molecule has 5 nitrogen and oxygen atoms in total. The maximum atomic E-state index is 13.0. The standard InChI is InChI=1S/C24H22N4O/c1-3-28(20-10-4-7-17(2)15-20)24(29)22-13-12-19(16-26-22)27-21-11-5-8-18-9-6-14-25-23(18)21/h4-16,27H,3H2,1-2H3. The van der Waals surface area contributed by atoms with Crippen LogP contribution in [0, 0.1) is 6.92 Å². The van der Waals surface area contributed by atoms with Crippen LogP contribution in [0.1, 0.15) is 23.0 Å². The van der Waals surface area contributed by atoms with Crippen molar-refractivity contribution in [3.05, 3.63) is 90.4 Å². The second-order valence-corrected chi connectivity index (χ2v) is 6.83. The van der Waals surface area contributed by atoms with Crippen LogP contribution in [0.4, 0.5) is 17.1 Å². The van der Waals surface area contributed by atoms with E-state index < -0.39 is 0 Å². The number of fused-ring (bicyclic) bond motifs is 1. The summed E-state index contributed by atoms with van der Waals surface area (Å²) in [5.74, 6) is -0.114. The van der Waals surface area contributed by atoms with Crippen molar-refractivity contribution < 1.29 is 4.79 Å². The van der Waals surface area contributed by atoms with Crippen LogP contribution >= 0.6 is 0 Å². The van der Waals surface area contributed by atoms with Gasteiger partial charge in [-0.05, 0) is 55.8 Å². The number of para-hydroxylation sites is 1. The molecule has 0 unspecified atom stereocenters. The van der Waals surface area contributed by atoms with Crippen LogP contribution in [0.2, 0.25) is 0 Å². The molecule has 5 heteroatoms. The van der Waals surface area contributed by atoms with Gasteiger partial charge < -0.3 is 10.2 Å². The number of rotatable bonds is 5. The molecular weight excluding hydrogens is 360 g/mol. The van der Waals surface area contributed by atoms with E-state index in [-0.39, 0.29) is 5.91 Å². The molecule has 0 saturated carbocycles. The third-order valence-corrected chi connectivity index (χ3v) is 4.77. The summed E-state index contributed by atoms with van der Waals surface area (Å²) >= 11 is 0. The molecule has 1 amide bonds. The molecule has 0 bridgehead atoms. The Bertz CT molecular complexity index is 1150. The van der Waals surface area contributed by atoms with Crippen LogP contribution in [0.15, 0.2) is 79.1 Å². The maximum absolute atomic E-state index is 13.0. The molecule has 2 heterocycles. The Hall–Kier alpha value is -3.73. The van der Waals surface area contributed by atoms with Gasteiger partial charge in [-0.1, -0.05) is 30.3 Å². The lowest BCUT2D eigenvalue weighted by molar-refractivity contribution is 0.0983. The number of hydrogen-bond acceptors (Lipinski definition) is 4. The summed E-state index contributed by atoms with van der Waals surface area (Å²) in [6, 6.07) is 21.5. The fourth-order valence-corrected chi connectivity index (χ4v) is 3.33. The molecule has 4 rings (SSSR count). The summed E-state index contributed by atoms with van der Waals surface area (Å²) in [7, 11) is 0. The highest BCUT2D eigenvalue weighted by Gasteiger charge is 2.17. The van der Waals surface area contributed by atoms with Gasteiger partial charge in [-0.3, -0.25) is 9.78 Å². The summed E-state index contributed by atoms with van der Waals surface area (Å²) in [4.78, 5) is 23.6. The van der Waals surface area contributed by atoms with E-state index in [1.54, 1.807) is 23.4 Å². The summed E-state index contributed by atoms with van der Waals surface area (Å²) in [6.07, 6.45) is 3.46. The first-order valence-corrected chi connectivity index (χ1v) is 9.61. The average molecular weight is 382 g/mol. The smallest absolute Gasteiger partial charge is 0.276 e. The van der Waals surface area contributed by atoms with Crippen LogP contribution in [0.5, 0.6) is 0 Å². The minimum absolute atomic E-state index is 0.114. The predicted octanol–water partition coefficient (Wildman–Crippen LogP) is 5.35. The molecule has 1 N–H and O–H groups in total. The number of nitrogens with zero attached hydrogens (tertiary/aromatic N) is 3. The zero-order chi connectivity index (χ0) is 20.2. The molecule has 0 aliphatic rings. The van der Waals surface area contributed by atoms with Crippen molar-refractivity contribution in [3.8, 4) is 0 Å². The minimum Gasteiger partial charge on any atom is -0.352 e. The van der Waals surface area contributed by atoms with E-state index >= 15 is 0 Å². The number of carbonyl (C=O) groups excluding carboxylic acids is 1. The van der Waals surface area contributed by atoms with Gasteiger partial charge in [0, 0.05) is 23.8 Å². The molecule has 0 saturated heterocycles. The Balaban J connectivity index is 1.56. The monoisotopic (exact) mass is 382 g/mol. The SMILES string of the molecule is CCN(C(=O)c1ccc(Nc2cccc3cccnc23)cn1)c1cccc(C)c1. The van der Waals surface area contributed by atoms with Gasteiger partial charge in [-0.15, -0.1) is 0 Å². The lowest BCUT2D eigenvalue weighted by atomic mass is 10.2. The Kier molecular flexibility index (Phi) is 5.20. The number of pyridine rings is 2. The fourth-order valence-electron chi connectivity index (χ4n) is 3.33. The quantitative estimate of drug-likeness (QED) is 0.506. The second-order valence-electron chi connectivity index (χ2n) is 6.83. The van der Waals surface area contributed by atoms with Crippen molar-refractivity contribution >= 4 is 33.9 Å². The van der Waals surface area contributed by atoms with Crippen LogP contribution in [0.25, 0.3) is 10.9 Å². The zero-order valence-electron chi connectivity index (χ0n) is 16.5. The number of hydrogen-bond donors (Lipinski definition) is 1. The van der Waals surface area contributed by atoms with E-state index in [0.717, 1.165) is 33.5 Å². The normalized spacial score (nSPS) is 10.7. The van der Waals surface area contributed by atoms with E-state index in [0.29, 0.717) is 12.2 Å². The van der Waals surface area contributed by atoms with Gasteiger partial charge in [0.15, 0.2) is 0 Å². The van der Waals surface area contributed by atoms with Crippen LogP contribution in [0.3, 0.4) is 0 Å². The molecule has 0 spiro atoms. The Morgan fingerprint density at radius 2 is 1.83 bits per heavy atom. The molecule has 0 fully saturated rings. The number of anilines is 3. The molecule has 0 atom stereocenters. The van der Waals surface area contributed by atoms with E-state index in [9.17, 15) is 4.79 Å². The average Bonchev–Trinajstić information content (AvgIpc) is 2.75. The van der Waals surface area contributed by atoms with Crippen molar-refractivity contribution in [2.45, 2.75) is 13.8 Å². The number of aromatic nitrogens is 2. The molecule has 0 aliphatic heterocycles. The van der Waals surface area contributed by atoms with E-state index in [4.69, 9.17) is 0 Å². The number of nitrogens with one attached hydrogen (secondary N) is 1. The number of benzene rings is 2. The fraction of sp³-hybridized carbons (Fsp3) is 0.125. The van der Waals surface area contributed by atoms with Gasteiger partial charge in [-0.2, -0.15) is 0 Å². The number of aryl methyl sites for hydroxylation is 1. The summed E-state index contributed by atoms with van der Waals surface area (Å²) in [5, 5.41) is 4.41. The van der Waals surface area contributed by atoms with Crippen molar-refractivity contribution in [1.29, 1.82) is 0 Å². The topological polar surface area (TPSA) is 58.1 Å². The van der Waals surface area contributed by atoms with Gasteiger partial charge in [-0.25, -0.2) is 4.98 Å². The van der Waals surface area contributed by atoms with Gasteiger partial charge in [0.2, 0.25) is 0 Å². The van der Waals surface area contributed by atoms with E-state index in [1.807, 2.05) is 74.5 Å². The maximum Gasteiger partial charge on any atom is 0.276 e. The largest absolute Gasteiger partial charge is 0.352 e. The molecule has 0 radical (unpaired) electrons. The molecule has 144 valence electrons. The van der Waals surface area contributed by atoms with Crippen LogP contribution in [-0.2, 0) is 0 Å². The zero-order valence-corrected chi connectivity index (χ0v) is 16.5. The van der Waals surface area contributed by atoms with E-state index in [1.165, 1.54) is 0 Å². The first kappa shape index (κ1) is 18.6. The third-order valence-electron chi connectivity index (χ3n) is 4.77. The predicted molar refractivity (Wildman–Crippen MR) is 118 cm³/mol. The number of amides is 1. The lowest BCUT2D eigenvalue weighted by Crippen LogP contribution is -2.31. The molecule has 4 aromatic rings. The third kappa shape index (κ3) is 3.94. The highest BCUT2D eigenvalue weighted by molar-refractivity contribution is 6.05. The molecule has 2 aromatic carbocycles. The summed E-state index contributed by atoms with van der Waals surface area (Å²) < 4.78 is 0. The summed E-state index contributed by atoms with van der Waals surface area (Å²) in [5.41, 5.74) is 5.01. The lowest BCUT2D eigenvalue weighted by Gasteiger charge is -2.21. The first-order chi connectivity index (χ1) is 14.2. The van der Waals surface area contributed by atoms with Crippen LogP contribution in [-0.4, -0.2) is 22.4 Å². The van der Waals surface area contributed by atoms with E-state index in [2.05, 4.69) is 15.3 Å². The van der Waals surface area contributed by atoms with Crippen molar-refractivity contribution in [2.75, 3.05) is 16.8 Å². The molecular formula is C24H22N4O. The second kappa shape index (κ2) is 8.10. The molecule has 0 aliphatic carbocycles. The first-order valence-electron chi connectivity index (χ1n) is 9.61. The molecule has 2 aromatic heterocycles.